The van der Waals surface area contributed by atoms with Gasteiger partial charge in [0, 0.05) is 120 Å². The van der Waals surface area contributed by atoms with Crippen LogP contribution in [0.1, 0.15) is 67.3 Å². The van der Waals surface area contributed by atoms with Gasteiger partial charge < -0.3 is 55.9 Å². The van der Waals surface area contributed by atoms with Crippen LogP contribution in [0.15, 0.2) is 54.7 Å². The van der Waals surface area contributed by atoms with E-state index in [9.17, 15) is 77.3 Å². The van der Waals surface area contributed by atoms with E-state index >= 15 is 0 Å². The van der Waals surface area contributed by atoms with Gasteiger partial charge >= 0.3 is 23.9 Å². The fourth-order valence-electron chi connectivity index (χ4n) is 11.0. The number of aryl methyl sites for hydroxylation is 1. The highest BCUT2D eigenvalue weighted by atomic mass is 127. The van der Waals surface area contributed by atoms with E-state index in [0.717, 1.165) is 27.6 Å². The number of nitrogens with zero attached hydrogens (tertiary/aromatic N) is 9. The van der Waals surface area contributed by atoms with Crippen LogP contribution in [-0.4, -0.2) is 283 Å². The number of carbonyl (C=O) groups excluding carboxylic acids is 7. The summed E-state index contributed by atoms with van der Waals surface area (Å²) in [7, 11) is 1.15. The van der Waals surface area contributed by atoms with Gasteiger partial charge in [0.25, 0.3) is 11.8 Å². The molecule has 0 bridgehead atoms. The highest BCUT2D eigenvalue weighted by Crippen LogP contribution is 2.32. The van der Waals surface area contributed by atoms with Crippen LogP contribution in [0.25, 0.3) is 10.9 Å². The van der Waals surface area contributed by atoms with Crippen molar-refractivity contribution < 1.29 is 81.5 Å². The third-order valence-electron chi connectivity index (χ3n) is 15.9. The second-order valence-corrected chi connectivity index (χ2v) is 24.1. The van der Waals surface area contributed by atoms with Crippen LogP contribution < -0.4 is 26.0 Å². The van der Waals surface area contributed by atoms with E-state index in [4.69, 9.17) is 9.47 Å². The number of hydrogen-bond donors (Lipinski definition) is 7. The summed E-state index contributed by atoms with van der Waals surface area (Å²) in [6, 6.07) is 12.2. The number of pyridine rings is 1. The average molecular weight is 1400 g/mol. The summed E-state index contributed by atoms with van der Waals surface area (Å²) in [5.74, 6) is -10.5. The molecular weight excluding hydrogens is 1320 g/mol. The zero-order valence-electron chi connectivity index (χ0n) is 51.5. The standard InChI is InChI=1S/C61H82F2IN13O15/c1-91-57(87)33-50(60(90)76-29-27-71(28-30-76)18-5-31-92-45-13-14-48-47(32-45)46(15-17-66-48)58(88)68-36-53(80)77-41-61(62,63)34-44(77)35-65)70-59(89)49(7-2-3-16-67-51(78)8-4-6-42-9-11-43(64)12-10-42)69-52(79)37-72-19-21-73(38-54(81)82)23-25-75(40-56(85)86)26-24-74(22-20-72)39-55(83)84/h9-15,17,32,44,49-50H,2-8,16,18-31,33-34,36-41H2,1H3,(H,67,78)(H,68,88)(H,69,79)(H,70,89)(H,81,82)(H,83,84)(H,85,86)/t44-,49+,50+/m1/s1. The van der Waals surface area contributed by atoms with Gasteiger partial charge in [-0.15, -0.1) is 0 Å². The topological polar surface area (TPSA) is 357 Å². The summed E-state index contributed by atoms with van der Waals surface area (Å²) in [6.45, 7) is 0.658. The summed E-state index contributed by atoms with van der Waals surface area (Å²) >= 11 is 2.23. The number of halogens is 3. The predicted molar refractivity (Wildman–Crippen MR) is 336 cm³/mol. The number of unbranched alkanes of at least 4 members (excludes halogenated alkanes) is 1. The van der Waals surface area contributed by atoms with Crippen molar-refractivity contribution >= 4 is 92.8 Å². The molecule has 3 fully saturated rings. The Labute approximate surface area is 545 Å². The van der Waals surface area contributed by atoms with E-state index in [1.165, 1.54) is 17.2 Å². The number of amides is 6. The average Bonchev–Trinajstić information content (AvgIpc) is 1.16. The quantitative estimate of drug-likeness (QED) is 0.0263. The van der Waals surface area contributed by atoms with E-state index in [-0.39, 0.29) is 123 Å². The fraction of sp³-hybridized carbons (Fsp3) is 0.574. The Hall–Kier alpha value is -7.77. The molecule has 28 nitrogen and oxygen atoms in total. The third kappa shape index (κ3) is 25.0. The largest absolute Gasteiger partial charge is 0.494 e. The molecule has 3 atom stereocenters. The second-order valence-electron chi connectivity index (χ2n) is 22.9. The van der Waals surface area contributed by atoms with Crippen LogP contribution in [0, 0.1) is 14.9 Å². The SMILES string of the molecule is COC(=O)C[C@H](NC(=O)[C@H](CCCCNC(=O)CCCc1ccc(I)cc1)NC(=O)CN1CCN(CC(=O)O)CCN(CC(=O)O)CCN(CC(=O)O)CC1)C(=O)N1CCN(CCCOc2ccc3nccc(C(=O)NCC(=O)N4CC(F)(F)C[C@@H]4C#N)c3c2)CC1. The number of esters is 1. The minimum absolute atomic E-state index is 0.0485. The minimum Gasteiger partial charge on any atom is -0.494 e. The van der Waals surface area contributed by atoms with Crippen molar-refractivity contribution in [1.82, 2.24) is 60.6 Å². The van der Waals surface area contributed by atoms with Crippen molar-refractivity contribution in [3.63, 3.8) is 0 Å². The number of piperazine rings is 1. The Morgan fingerprint density at radius 2 is 1.32 bits per heavy atom. The number of aliphatic carboxylic acids is 3. The summed E-state index contributed by atoms with van der Waals surface area (Å²) in [4.78, 5) is 145. The lowest BCUT2D eigenvalue weighted by Gasteiger charge is -2.36. The van der Waals surface area contributed by atoms with Crippen molar-refractivity contribution in [1.29, 1.82) is 5.26 Å². The number of likely N-dealkylation sites (tertiary alicyclic amines) is 1. The summed E-state index contributed by atoms with van der Waals surface area (Å²) < 4.78 is 40.0. The number of rotatable bonds is 31. The Morgan fingerprint density at radius 1 is 0.717 bits per heavy atom. The number of carboxylic acid groups (broad SMARTS) is 3. The van der Waals surface area contributed by atoms with Crippen molar-refractivity contribution in [2.45, 2.75) is 81.8 Å². The molecular formula is C61H82F2IN13O15. The highest BCUT2D eigenvalue weighted by molar-refractivity contribution is 14.1. The van der Waals surface area contributed by atoms with Crippen molar-refractivity contribution in [2.75, 3.05) is 145 Å². The first-order chi connectivity index (χ1) is 44.0. The first kappa shape index (κ1) is 73.3. The van der Waals surface area contributed by atoms with Gasteiger partial charge in [0.2, 0.25) is 29.5 Å². The molecule has 3 aliphatic rings. The monoisotopic (exact) mass is 1400 g/mol. The number of nitrogens with one attached hydrogen (secondary N) is 4. The summed E-state index contributed by atoms with van der Waals surface area (Å²) in [5.41, 5.74) is 1.73. The number of hydrogen-bond acceptors (Lipinski definition) is 19. The highest BCUT2D eigenvalue weighted by Gasteiger charge is 2.47. The molecule has 7 N–H and O–H groups in total. The third-order valence-corrected chi connectivity index (χ3v) is 16.7. The lowest BCUT2D eigenvalue weighted by atomic mass is 10.1. The first-order valence-electron chi connectivity index (χ1n) is 30.6. The molecule has 502 valence electrons. The van der Waals surface area contributed by atoms with Gasteiger partial charge in [0.15, 0.2) is 0 Å². The molecule has 3 aliphatic heterocycles. The van der Waals surface area contributed by atoms with E-state index in [2.05, 4.69) is 53.7 Å². The number of carboxylic acids is 3. The van der Waals surface area contributed by atoms with Gasteiger partial charge in [-0.05, 0) is 103 Å². The molecule has 0 spiro atoms. The molecule has 31 heteroatoms. The molecule has 6 rings (SSSR count). The minimum atomic E-state index is -3.21. The van der Waals surface area contributed by atoms with Gasteiger partial charge in [-0.2, -0.15) is 5.26 Å². The normalized spacial score (nSPS) is 17.8. The number of methoxy groups -OCH3 is 1. The van der Waals surface area contributed by atoms with E-state index in [1.54, 1.807) is 43.9 Å². The van der Waals surface area contributed by atoms with Gasteiger partial charge in [0.05, 0.1) is 76.6 Å². The maximum atomic E-state index is 14.5. The van der Waals surface area contributed by atoms with Gasteiger partial charge in [-0.25, -0.2) is 8.78 Å². The van der Waals surface area contributed by atoms with Gasteiger partial charge in [0.1, 0.15) is 23.9 Å². The van der Waals surface area contributed by atoms with Crippen LogP contribution >= 0.6 is 22.6 Å². The zero-order valence-corrected chi connectivity index (χ0v) is 53.7. The molecule has 1 aromatic heterocycles. The Morgan fingerprint density at radius 3 is 1.90 bits per heavy atom. The number of alkyl halides is 2. The molecule has 3 saturated heterocycles. The van der Waals surface area contributed by atoms with Crippen LogP contribution in [0.3, 0.4) is 0 Å². The van der Waals surface area contributed by atoms with Crippen LogP contribution in [0.5, 0.6) is 5.75 Å². The predicted octanol–water partition coefficient (Wildman–Crippen LogP) is 0.560. The Kier molecular flexibility index (Phi) is 29.5. The van der Waals surface area contributed by atoms with E-state index in [1.807, 2.05) is 24.3 Å². The molecule has 6 amide bonds. The molecule has 2 aromatic carbocycles. The molecule has 92 heavy (non-hydrogen) atoms. The zero-order chi connectivity index (χ0) is 66.7. The first-order valence-corrected chi connectivity index (χ1v) is 31.7. The summed E-state index contributed by atoms with van der Waals surface area (Å²) in [5, 5.41) is 49.6. The number of aromatic nitrogens is 1. The molecule has 0 unspecified atom stereocenters. The summed E-state index contributed by atoms with van der Waals surface area (Å²) in [6.07, 6.45) is 3.09. The Balaban J connectivity index is 1.05. The lowest BCUT2D eigenvalue weighted by molar-refractivity contribution is -0.147. The molecule has 0 radical (unpaired) electrons. The number of benzene rings is 2. The van der Waals surface area contributed by atoms with Crippen LogP contribution in [0.4, 0.5) is 8.78 Å². The number of fused-ring (bicyclic) bond motifs is 1. The smallest absolute Gasteiger partial charge is 0.317 e. The maximum Gasteiger partial charge on any atom is 0.317 e. The van der Waals surface area contributed by atoms with Crippen molar-refractivity contribution in [2.24, 2.45) is 0 Å². The fourth-order valence-corrected chi connectivity index (χ4v) is 11.3. The van der Waals surface area contributed by atoms with Crippen molar-refractivity contribution in [3.05, 3.63) is 69.4 Å². The Bertz CT molecular complexity index is 3050. The van der Waals surface area contributed by atoms with Gasteiger partial charge in [-0.3, -0.25) is 77.4 Å². The molecule has 4 heterocycles. The van der Waals surface area contributed by atoms with Crippen molar-refractivity contribution in [3.8, 4) is 11.8 Å². The molecule has 3 aromatic rings. The molecule has 0 saturated carbocycles. The van der Waals surface area contributed by atoms with E-state index < -0.39 is 103 Å². The number of ether oxygens (including phenoxy) is 2. The second kappa shape index (κ2) is 37.1. The van der Waals surface area contributed by atoms with Crippen LogP contribution in [0.2, 0.25) is 0 Å². The van der Waals surface area contributed by atoms with E-state index in [0.29, 0.717) is 68.4 Å². The van der Waals surface area contributed by atoms with Gasteiger partial charge in [-0.1, -0.05) is 12.1 Å². The maximum absolute atomic E-state index is 14.5. The molecule has 0 aliphatic carbocycles. The lowest BCUT2D eigenvalue weighted by Crippen LogP contribution is -2.58. The number of nitriles is 1. The number of carbonyl (C=O) groups is 10. The van der Waals surface area contributed by atoms with Crippen LogP contribution in [-0.2, 0) is 54.3 Å².